The van der Waals surface area contributed by atoms with Crippen molar-refractivity contribution in [1.82, 2.24) is 15.1 Å². The van der Waals surface area contributed by atoms with Gasteiger partial charge in [0.2, 0.25) is 0 Å². The van der Waals surface area contributed by atoms with Gasteiger partial charge in [-0.25, -0.2) is 0 Å². The summed E-state index contributed by atoms with van der Waals surface area (Å²) < 4.78 is 0. The van der Waals surface area contributed by atoms with Crippen LogP contribution in [-0.4, -0.2) is 61.7 Å². The van der Waals surface area contributed by atoms with Crippen molar-refractivity contribution in [2.24, 2.45) is 0 Å². The zero-order chi connectivity index (χ0) is 12.0. The van der Waals surface area contributed by atoms with E-state index in [2.05, 4.69) is 42.9 Å². The van der Waals surface area contributed by atoms with Gasteiger partial charge >= 0.3 is 0 Å². The summed E-state index contributed by atoms with van der Waals surface area (Å²) in [7, 11) is 2.24. The molecule has 16 heavy (non-hydrogen) atoms. The average Bonchev–Trinajstić information content (AvgIpc) is 2.42. The first-order chi connectivity index (χ1) is 7.69. The molecule has 2 atom stereocenters. The highest BCUT2D eigenvalue weighted by Gasteiger charge is 2.24. The molecule has 1 heterocycles. The number of hydrogen-bond acceptors (Lipinski definition) is 3. The van der Waals surface area contributed by atoms with Crippen LogP contribution in [0, 0.1) is 0 Å². The second kappa shape index (κ2) is 7.25. The Kier molecular flexibility index (Phi) is 6.32. The van der Waals surface area contributed by atoms with Crippen LogP contribution in [0.25, 0.3) is 0 Å². The minimum atomic E-state index is 0.691. The second-order valence-electron chi connectivity index (χ2n) is 5.07. The molecule has 1 rings (SSSR count). The summed E-state index contributed by atoms with van der Waals surface area (Å²) in [6.45, 7) is 12.8. The number of rotatable bonds is 5. The average molecular weight is 227 g/mol. The molecule has 3 nitrogen and oxygen atoms in total. The Hall–Kier alpha value is -0.120. The van der Waals surface area contributed by atoms with E-state index in [1.165, 1.54) is 32.5 Å². The third-order valence-electron chi connectivity index (χ3n) is 3.67. The van der Waals surface area contributed by atoms with E-state index in [0.29, 0.717) is 12.1 Å². The van der Waals surface area contributed by atoms with Gasteiger partial charge in [-0.3, -0.25) is 4.90 Å². The standard InChI is InChI=1S/C13H29N3/c1-5-13(10-14-6-2)16-9-7-8-15(4)11-12(16)3/h12-14H,5-11H2,1-4H3. The van der Waals surface area contributed by atoms with Gasteiger partial charge in [0.1, 0.15) is 0 Å². The molecule has 1 fully saturated rings. The first-order valence-electron chi connectivity index (χ1n) is 6.84. The number of hydrogen-bond donors (Lipinski definition) is 1. The first kappa shape index (κ1) is 13.9. The summed E-state index contributed by atoms with van der Waals surface area (Å²) in [6.07, 6.45) is 2.56. The monoisotopic (exact) mass is 227 g/mol. The van der Waals surface area contributed by atoms with Crippen molar-refractivity contribution >= 4 is 0 Å². The van der Waals surface area contributed by atoms with E-state index in [1.54, 1.807) is 0 Å². The highest BCUT2D eigenvalue weighted by molar-refractivity contribution is 4.82. The van der Waals surface area contributed by atoms with Crippen molar-refractivity contribution in [3.8, 4) is 0 Å². The first-order valence-corrected chi connectivity index (χ1v) is 6.84. The lowest BCUT2D eigenvalue weighted by molar-refractivity contribution is 0.137. The lowest BCUT2D eigenvalue weighted by Gasteiger charge is -2.35. The van der Waals surface area contributed by atoms with E-state index in [4.69, 9.17) is 0 Å². The van der Waals surface area contributed by atoms with Crippen LogP contribution >= 0.6 is 0 Å². The molecule has 1 aliphatic heterocycles. The summed E-state index contributed by atoms with van der Waals surface area (Å²) in [4.78, 5) is 5.16. The van der Waals surface area contributed by atoms with Gasteiger partial charge in [0.25, 0.3) is 0 Å². The Bertz CT molecular complexity index is 184. The maximum Gasteiger partial charge on any atom is 0.0221 e. The molecule has 3 heteroatoms. The van der Waals surface area contributed by atoms with E-state index in [1.807, 2.05) is 0 Å². The molecule has 0 radical (unpaired) electrons. The predicted molar refractivity (Wildman–Crippen MR) is 70.9 cm³/mol. The Balaban J connectivity index is 2.52. The highest BCUT2D eigenvalue weighted by atomic mass is 15.3. The predicted octanol–water partition coefficient (Wildman–Crippen LogP) is 1.40. The van der Waals surface area contributed by atoms with Crippen LogP contribution in [0.4, 0.5) is 0 Å². The molecule has 2 unspecified atom stereocenters. The van der Waals surface area contributed by atoms with E-state index in [9.17, 15) is 0 Å². The van der Waals surface area contributed by atoms with Gasteiger partial charge in [-0.15, -0.1) is 0 Å². The summed E-state index contributed by atoms with van der Waals surface area (Å²) in [6, 6.07) is 1.40. The lowest BCUT2D eigenvalue weighted by Crippen LogP contribution is -2.48. The van der Waals surface area contributed by atoms with Crippen LogP contribution in [0.15, 0.2) is 0 Å². The number of likely N-dealkylation sites (N-methyl/N-ethyl adjacent to an activating group) is 2. The third-order valence-corrected chi connectivity index (χ3v) is 3.67. The molecule has 96 valence electrons. The molecule has 1 saturated heterocycles. The van der Waals surface area contributed by atoms with Gasteiger partial charge in [-0.1, -0.05) is 13.8 Å². The van der Waals surface area contributed by atoms with E-state index in [-0.39, 0.29) is 0 Å². The summed E-state index contributed by atoms with van der Waals surface area (Å²) in [5.74, 6) is 0. The van der Waals surface area contributed by atoms with Gasteiger partial charge in [-0.2, -0.15) is 0 Å². The topological polar surface area (TPSA) is 18.5 Å². The van der Waals surface area contributed by atoms with Crippen molar-refractivity contribution in [3.05, 3.63) is 0 Å². The molecule has 1 N–H and O–H groups in total. The van der Waals surface area contributed by atoms with Crippen molar-refractivity contribution < 1.29 is 0 Å². The normalized spacial score (nSPS) is 26.6. The molecule has 0 aromatic rings. The second-order valence-corrected chi connectivity index (χ2v) is 5.07. The van der Waals surface area contributed by atoms with Crippen molar-refractivity contribution in [2.75, 3.05) is 39.8 Å². The smallest absolute Gasteiger partial charge is 0.0221 e. The maximum atomic E-state index is 3.49. The van der Waals surface area contributed by atoms with Gasteiger partial charge in [-0.05, 0) is 39.9 Å². The Morgan fingerprint density at radius 2 is 2.06 bits per heavy atom. The van der Waals surface area contributed by atoms with Crippen LogP contribution in [0.5, 0.6) is 0 Å². The van der Waals surface area contributed by atoms with E-state index >= 15 is 0 Å². The molecule has 0 amide bonds. The fourth-order valence-electron chi connectivity index (χ4n) is 2.74. The Morgan fingerprint density at radius 1 is 1.31 bits per heavy atom. The molecule has 0 spiro atoms. The summed E-state index contributed by atoms with van der Waals surface area (Å²) in [5, 5.41) is 3.49. The highest BCUT2D eigenvalue weighted by Crippen LogP contribution is 2.14. The maximum absolute atomic E-state index is 3.49. The van der Waals surface area contributed by atoms with Crippen LogP contribution in [-0.2, 0) is 0 Å². The van der Waals surface area contributed by atoms with Gasteiger partial charge in [0, 0.05) is 31.7 Å². The third kappa shape index (κ3) is 4.04. The van der Waals surface area contributed by atoms with Crippen LogP contribution in [0.3, 0.4) is 0 Å². The van der Waals surface area contributed by atoms with Crippen molar-refractivity contribution in [3.63, 3.8) is 0 Å². The number of nitrogens with zero attached hydrogens (tertiary/aromatic N) is 2. The Morgan fingerprint density at radius 3 is 2.69 bits per heavy atom. The zero-order valence-corrected chi connectivity index (χ0v) is 11.5. The van der Waals surface area contributed by atoms with Crippen molar-refractivity contribution in [2.45, 2.75) is 45.7 Å². The largest absolute Gasteiger partial charge is 0.315 e. The molecule has 0 aromatic heterocycles. The van der Waals surface area contributed by atoms with Gasteiger partial charge < -0.3 is 10.2 Å². The minimum Gasteiger partial charge on any atom is -0.315 e. The molecule has 0 saturated carbocycles. The number of nitrogens with one attached hydrogen (secondary N) is 1. The van der Waals surface area contributed by atoms with Crippen LogP contribution < -0.4 is 5.32 Å². The zero-order valence-electron chi connectivity index (χ0n) is 11.5. The quantitative estimate of drug-likeness (QED) is 0.766. The summed E-state index contributed by atoms with van der Waals surface area (Å²) in [5.41, 5.74) is 0. The molecule has 0 aliphatic carbocycles. The van der Waals surface area contributed by atoms with E-state index in [0.717, 1.165) is 13.1 Å². The van der Waals surface area contributed by atoms with E-state index < -0.39 is 0 Å². The molecular formula is C13H29N3. The van der Waals surface area contributed by atoms with Gasteiger partial charge in [0.05, 0.1) is 0 Å². The Labute approximate surface area is 101 Å². The fourth-order valence-corrected chi connectivity index (χ4v) is 2.74. The molecular weight excluding hydrogens is 198 g/mol. The summed E-state index contributed by atoms with van der Waals surface area (Å²) >= 11 is 0. The van der Waals surface area contributed by atoms with Crippen LogP contribution in [0.2, 0.25) is 0 Å². The molecule has 0 bridgehead atoms. The fraction of sp³-hybridized carbons (Fsp3) is 1.00. The molecule has 0 aromatic carbocycles. The van der Waals surface area contributed by atoms with Crippen molar-refractivity contribution in [1.29, 1.82) is 0 Å². The van der Waals surface area contributed by atoms with Crippen LogP contribution in [0.1, 0.15) is 33.6 Å². The minimum absolute atomic E-state index is 0.691. The van der Waals surface area contributed by atoms with Gasteiger partial charge in [0.15, 0.2) is 0 Å². The lowest BCUT2D eigenvalue weighted by atomic mass is 10.1. The SMILES string of the molecule is CCNCC(CC)N1CCCN(C)CC1C. The molecule has 1 aliphatic rings.